The Kier molecular flexibility index (Phi) is 3.93. The quantitative estimate of drug-likeness (QED) is 0.574. The van der Waals surface area contributed by atoms with Crippen LogP contribution in [-0.4, -0.2) is 5.78 Å². The van der Waals surface area contributed by atoms with E-state index in [0.29, 0.717) is 11.7 Å². The number of thioether (sulfide) groups is 1. The molecule has 0 unspecified atom stereocenters. The van der Waals surface area contributed by atoms with Crippen LogP contribution in [0.25, 0.3) is 0 Å². The Morgan fingerprint density at radius 2 is 1.80 bits per heavy atom. The number of hydrogen-bond donors (Lipinski definition) is 0. The lowest BCUT2D eigenvalue weighted by Crippen LogP contribution is -2.00. The van der Waals surface area contributed by atoms with Crippen molar-refractivity contribution in [2.45, 2.75) is 30.4 Å². The van der Waals surface area contributed by atoms with Crippen molar-refractivity contribution in [3.05, 3.63) is 65.2 Å². The molecule has 2 aromatic carbocycles. The van der Waals surface area contributed by atoms with Gasteiger partial charge in [-0.2, -0.15) is 0 Å². The number of ketones is 1. The molecule has 0 bridgehead atoms. The summed E-state index contributed by atoms with van der Waals surface area (Å²) in [6.07, 6.45) is 2.14. The molecular weight excluding hydrogens is 264 g/mol. The molecule has 0 heterocycles. The van der Waals surface area contributed by atoms with Gasteiger partial charge in [0.15, 0.2) is 5.78 Å². The Labute approximate surface area is 124 Å². The van der Waals surface area contributed by atoms with Gasteiger partial charge in [0, 0.05) is 22.1 Å². The van der Waals surface area contributed by atoms with E-state index in [9.17, 15) is 4.79 Å². The van der Waals surface area contributed by atoms with E-state index >= 15 is 0 Å². The molecule has 2 heteroatoms. The van der Waals surface area contributed by atoms with Gasteiger partial charge in [-0.05, 0) is 43.0 Å². The summed E-state index contributed by atoms with van der Waals surface area (Å²) in [5, 5.41) is 0. The van der Waals surface area contributed by atoms with Crippen LogP contribution < -0.4 is 0 Å². The van der Waals surface area contributed by atoms with Crippen LogP contribution in [0.4, 0.5) is 0 Å². The topological polar surface area (TPSA) is 17.1 Å². The standard InChI is InChI=1S/C18H18OS/c1-13-4-2-3-5-16(13)12-20-17-10-8-15(9-11-17)18(19)14-6-7-14/h2-5,8-11,14H,6-7,12H2,1H3. The number of hydrogen-bond acceptors (Lipinski definition) is 2. The van der Waals surface area contributed by atoms with Crippen LogP contribution in [0.1, 0.15) is 34.3 Å². The summed E-state index contributed by atoms with van der Waals surface area (Å²) in [4.78, 5) is 13.2. The molecule has 20 heavy (non-hydrogen) atoms. The van der Waals surface area contributed by atoms with Crippen LogP contribution in [-0.2, 0) is 5.75 Å². The van der Waals surface area contributed by atoms with Gasteiger partial charge in [0.05, 0.1) is 0 Å². The molecule has 1 nitrogen and oxygen atoms in total. The predicted octanol–water partition coefficient (Wildman–Crippen LogP) is 4.88. The first-order chi connectivity index (χ1) is 9.74. The van der Waals surface area contributed by atoms with Gasteiger partial charge in [0.1, 0.15) is 0 Å². The van der Waals surface area contributed by atoms with Gasteiger partial charge >= 0.3 is 0 Å². The Morgan fingerprint density at radius 3 is 2.45 bits per heavy atom. The van der Waals surface area contributed by atoms with E-state index in [0.717, 1.165) is 24.2 Å². The molecule has 1 aliphatic carbocycles. The zero-order valence-corrected chi connectivity index (χ0v) is 12.5. The lowest BCUT2D eigenvalue weighted by atomic mass is 10.1. The van der Waals surface area contributed by atoms with Crippen molar-refractivity contribution < 1.29 is 4.79 Å². The van der Waals surface area contributed by atoms with E-state index < -0.39 is 0 Å². The van der Waals surface area contributed by atoms with Crippen LogP contribution in [0.3, 0.4) is 0 Å². The normalized spacial score (nSPS) is 14.2. The average molecular weight is 282 g/mol. The largest absolute Gasteiger partial charge is 0.294 e. The van der Waals surface area contributed by atoms with Gasteiger partial charge in [-0.3, -0.25) is 4.79 Å². The Hall–Kier alpha value is -1.54. The second-order valence-electron chi connectivity index (χ2n) is 5.38. The minimum absolute atomic E-state index is 0.306. The maximum Gasteiger partial charge on any atom is 0.165 e. The molecular formula is C18H18OS. The smallest absolute Gasteiger partial charge is 0.165 e. The predicted molar refractivity (Wildman–Crippen MR) is 84.2 cm³/mol. The first-order valence-electron chi connectivity index (χ1n) is 7.05. The average Bonchev–Trinajstić information content (AvgIpc) is 3.31. The van der Waals surface area contributed by atoms with Crippen molar-refractivity contribution in [2.75, 3.05) is 0 Å². The summed E-state index contributed by atoms with van der Waals surface area (Å²) in [6, 6.07) is 16.6. The van der Waals surface area contributed by atoms with Gasteiger partial charge in [0.25, 0.3) is 0 Å². The molecule has 0 atom stereocenters. The molecule has 3 rings (SSSR count). The number of Topliss-reactive ketones (excluding diaryl/α,β-unsaturated/α-hetero) is 1. The monoisotopic (exact) mass is 282 g/mol. The second kappa shape index (κ2) is 5.84. The van der Waals surface area contributed by atoms with Crippen LogP contribution in [0.2, 0.25) is 0 Å². The fourth-order valence-corrected chi connectivity index (χ4v) is 3.20. The lowest BCUT2D eigenvalue weighted by Gasteiger charge is -2.06. The molecule has 0 saturated heterocycles. The molecule has 0 amide bonds. The minimum atomic E-state index is 0.306. The first kappa shape index (κ1) is 13.4. The summed E-state index contributed by atoms with van der Waals surface area (Å²) in [7, 11) is 0. The molecule has 2 aromatic rings. The van der Waals surface area contributed by atoms with Crippen molar-refractivity contribution in [2.24, 2.45) is 5.92 Å². The number of carbonyl (C=O) groups excluding carboxylic acids is 1. The molecule has 0 aromatic heterocycles. The van der Waals surface area contributed by atoms with Gasteiger partial charge in [-0.25, -0.2) is 0 Å². The van der Waals surface area contributed by atoms with Gasteiger partial charge < -0.3 is 0 Å². The van der Waals surface area contributed by atoms with Crippen molar-refractivity contribution >= 4 is 17.5 Å². The summed E-state index contributed by atoms with van der Waals surface area (Å²) in [5.74, 6) is 1.60. The van der Waals surface area contributed by atoms with Crippen LogP contribution in [0, 0.1) is 12.8 Å². The number of carbonyl (C=O) groups is 1. The Morgan fingerprint density at radius 1 is 1.10 bits per heavy atom. The maximum absolute atomic E-state index is 11.9. The van der Waals surface area contributed by atoms with Gasteiger partial charge in [-0.1, -0.05) is 36.4 Å². The lowest BCUT2D eigenvalue weighted by molar-refractivity contribution is 0.0967. The highest BCUT2D eigenvalue weighted by atomic mass is 32.2. The molecule has 1 fully saturated rings. The third kappa shape index (κ3) is 3.13. The van der Waals surface area contributed by atoms with Crippen LogP contribution in [0.5, 0.6) is 0 Å². The summed E-state index contributed by atoms with van der Waals surface area (Å²) >= 11 is 1.82. The van der Waals surface area contributed by atoms with E-state index in [-0.39, 0.29) is 0 Å². The molecule has 1 aliphatic rings. The SMILES string of the molecule is Cc1ccccc1CSc1ccc(C(=O)C2CC2)cc1. The van der Waals surface area contributed by atoms with Crippen LogP contribution >= 0.6 is 11.8 Å². The molecule has 1 saturated carbocycles. The number of benzene rings is 2. The Bertz CT molecular complexity index is 612. The highest BCUT2D eigenvalue weighted by molar-refractivity contribution is 7.98. The number of aryl methyl sites for hydroxylation is 1. The van der Waals surface area contributed by atoms with Crippen LogP contribution in [0.15, 0.2) is 53.4 Å². The van der Waals surface area contributed by atoms with Crippen molar-refractivity contribution in [1.29, 1.82) is 0 Å². The molecule has 0 spiro atoms. The molecule has 102 valence electrons. The first-order valence-corrected chi connectivity index (χ1v) is 8.04. The second-order valence-corrected chi connectivity index (χ2v) is 6.43. The van der Waals surface area contributed by atoms with Crippen molar-refractivity contribution in [1.82, 2.24) is 0 Å². The van der Waals surface area contributed by atoms with E-state index in [4.69, 9.17) is 0 Å². The Balaban J connectivity index is 1.63. The highest BCUT2D eigenvalue weighted by Crippen LogP contribution is 2.33. The number of rotatable bonds is 5. The highest BCUT2D eigenvalue weighted by Gasteiger charge is 2.30. The minimum Gasteiger partial charge on any atom is -0.294 e. The maximum atomic E-state index is 11.9. The van der Waals surface area contributed by atoms with E-state index in [1.807, 2.05) is 23.9 Å². The molecule has 0 radical (unpaired) electrons. The summed E-state index contributed by atoms with van der Waals surface area (Å²) in [5.41, 5.74) is 3.57. The molecule has 0 aliphatic heterocycles. The summed E-state index contributed by atoms with van der Waals surface area (Å²) < 4.78 is 0. The fraction of sp³-hybridized carbons (Fsp3) is 0.278. The van der Waals surface area contributed by atoms with Crippen molar-refractivity contribution in [3.8, 4) is 0 Å². The third-order valence-electron chi connectivity index (χ3n) is 3.74. The fourth-order valence-electron chi connectivity index (χ4n) is 2.23. The zero-order valence-electron chi connectivity index (χ0n) is 11.6. The summed E-state index contributed by atoms with van der Waals surface area (Å²) in [6.45, 7) is 2.15. The molecule has 0 N–H and O–H groups in total. The third-order valence-corrected chi connectivity index (χ3v) is 4.80. The van der Waals surface area contributed by atoms with E-state index in [1.165, 1.54) is 16.0 Å². The van der Waals surface area contributed by atoms with E-state index in [2.05, 4.69) is 43.3 Å². The zero-order chi connectivity index (χ0) is 13.9. The van der Waals surface area contributed by atoms with Gasteiger partial charge in [-0.15, -0.1) is 11.8 Å². The van der Waals surface area contributed by atoms with E-state index in [1.54, 1.807) is 0 Å². The van der Waals surface area contributed by atoms with Crippen molar-refractivity contribution in [3.63, 3.8) is 0 Å². The van der Waals surface area contributed by atoms with Gasteiger partial charge in [0.2, 0.25) is 0 Å².